The standard InChI is InChI=1S/C16H26ClN3O2/c1-11(2)10-20-16(17)15(12(3)18-20)13-6-4-8-19(13)9-5-7-14(21)22/h11,13H,4-10H2,1-3H3,(H,21,22)/t13-/m1/s1. The van der Waals surface area contributed by atoms with Gasteiger partial charge in [0.1, 0.15) is 5.15 Å². The predicted octanol–water partition coefficient (Wildman–Crippen LogP) is 3.50. The van der Waals surface area contributed by atoms with E-state index in [0.717, 1.165) is 48.9 Å². The summed E-state index contributed by atoms with van der Waals surface area (Å²) in [6, 6.07) is 0.280. The Morgan fingerprint density at radius 1 is 1.50 bits per heavy atom. The third kappa shape index (κ3) is 4.02. The van der Waals surface area contributed by atoms with E-state index in [0.29, 0.717) is 12.3 Å². The third-order valence-corrected chi connectivity index (χ3v) is 4.58. The predicted molar refractivity (Wildman–Crippen MR) is 87.2 cm³/mol. The highest BCUT2D eigenvalue weighted by atomic mass is 35.5. The lowest BCUT2D eigenvalue weighted by Gasteiger charge is -2.24. The van der Waals surface area contributed by atoms with Crippen molar-refractivity contribution in [3.8, 4) is 0 Å². The fraction of sp³-hybridized carbons (Fsp3) is 0.750. The molecule has 1 aliphatic heterocycles. The van der Waals surface area contributed by atoms with Crippen molar-refractivity contribution < 1.29 is 9.90 Å². The molecular formula is C16H26ClN3O2. The van der Waals surface area contributed by atoms with Crippen LogP contribution in [0.5, 0.6) is 0 Å². The van der Waals surface area contributed by atoms with Gasteiger partial charge in [0, 0.05) is 24.6 Å². The normalized spacial score (nSPS) is 19.2. The Balaban J connectivity index is 2.12. The number of hydrogen-bond donors (Lipinski definition) is 1. The van der Waals surface area contributed by atoms with Crippen molar-refractivity contribution in [2.45, 2.75) is 59.0 Å². The van der Waals surface area contributed by atoms with Gasteiger partial charge in [0.25, 0.3) is 0 Å². The molecule has 1 aliphatic rings. The molecule has 0 unspecified atom stereocenters. The van der Waals surface area contributed by atoms with Crippen molar-refractivity contribution in [3.63, 3.8) is 0 Å². The molecule has 0 aliphatic carbocycles. The van der Waals surface area contributed by atoms with Gasteiger partial charge in [0.15, 0.2) is 0 Å². The Bertz CT molecular complexity index is 528. The molecule has 22 heavy (non-hydrogen) atoms. The number of aryl methyl sites for hydroxylation is 1. The summed E-state index contributed by atoms with van der Waals surface area (Å²) in [7, 11) is 0. The molecule has 0 saturated carbocycles. The van der Waals surface area contributed by atoms with Crippen LogP contribution in [0.3, 0.4) is 0 Å². The number of nitrogens with zero attached hydrogens (tertiary/aromatic N) is 3. The molecule has 0 bridgehead atoms. The molecule has 1 fully saturated rings. The van der Waals surface area contributed by atoms with Crippen LogP contribution in [0.1, 0.15) is 56.8 Å². The van der Waals surface area contributed by atoms with E-state index in [2.05, 4.69) is 23.8 Å². The lowest BCUT2D eigenvalue weighted by Crippen LogP contribution is -2.25. The molecule has 1 N–H and O–H groups in total. The maximum atomic E-state index is 10.7. The van der Waals surface area contributed by atoms with E-state index in [1.165, 1.54) is 0 Å². The molecule has 0 spiro atoms. The monoisotopic (exact) mass is 327 g/mol. The number of aromatic nitrogens is 2. The first-order valence-electron chi connectivity index (χ1n) is 8.08. The molecule has 6 heteroatoms. The first-order valence-corrected chi connectivity index (χ1v) is 8.46. The van der Waals surface area contributed by atoms with Gasteiger partial charge in [0.05, 0.1) is 5.69 Å². The van der Waals surface area contributed by atoms with Crippen molar-refractivity contribution in [1.82, 2.24) is 14.7 Å². The van der Waals surface area contributed by atoms with E-state index in [4.69, 9.17) is 16.7 Å². The Morgan fingerprint density at radius 3 is 2.86 bits per heavy atom. The van der Waals surface area contributed by atoms with Gasteiger partial charge in [-0.3, -0.25) is 14.4 Å². The van der Waals surface area contributed by atoms with Gasteiger partial charge in [-0.15, -0.1) is 0 Å². The number of carboxylic acid groups (broad SMARTS) is 1. The topological polar surface area (TPSA) is 58.4 Å². The molecule has 1 aromatic heterocycles. The van der Waals surface area contributed by atoms with Crippen LogP contribution in [0.4, 0.5) is 0 Å². The molecule has 0 amide bonds. The first-order chi connectivity index (χ1) is 10.4. The summed E-state index contributed by atoms with van der Waals surface area (Å²) in [5.74, 6) is -0.227. The Labute approximate surface area is 137 Å². The molecule has 1 atom stereocenters. The van der Waals surface area contributed by atoms with Crippen LogP contribution < -0.4 is 0 Å². The van der Waals surface area contributed by atoms with Crippen molar-refractivity contribution >= 4 is 17.6 Å². The Morgan fingerprint density at radius 2 is 2.23 bits per heavy atom. The molecule has 2 rings (SSSR count). The van der Waals surface area contributed by atoms with Gasteiger partial charge < -0.3 is 5.11 Å². The average molecular weight is 328 g/mol. The number of likely N-dealkylation sites (tertiary alicyclic amines) is 1. The minimum Gasteiger partial charge on any atom is -0.481 e. The largest absolute Gasteiger partial charge is 0.481 e. The molecule has 5 nitrogen and oxygen atoms in total. The van der Waals surface area contributed by atoms with Gasteiger partial charge in [-0.25, -0.2) is 0 Å². The molecule has 0 aromatic carbocycles. The van der Waals surface area contributed by atoms with Crippen LogP contribution in [0.15, 0.2) is 0 Å². The summed E-state index contributed by atoms with van der Waals surface area (Å²) in [4.78, 5) is 13.0. The van der Waals surface area contributed by atoms with Crippen molar-refractivity contribution in [2.75, 3.05) is 13.1 Å². The fourth-order valence-electron chi connectivity index (χ4n) is 3.27. The minimum absolute atomic E-state index is 0.225. The van der Waals surface area contributed by atoms with Gasteiger partial charge in [-0.05, 0) is 45.2 Å². The quantitative estimate of drug-likeness (QED) is 0.832. The number of aliphatic carboxylic acids is 1. The van der Waals surface area contributed by atoms with Crippen LogP contribution in [0.2, 0.25) is 5.15 Å². The Kier molecular flexibility index (Phi) is 5.87. The molecule has 0 radical (unpaired) electrons. The van der Waals surface area contributed by atoms with E-state index >= 15 is 0 Å². The fourth-order valence-corrected chi connectivity index (χ4v) is 3.64. The molecular weight excluding hydrogens is 302 g/mol. The maximum absolute atomic E-state index is 10.7. The van der Waals surface area contributed by atoms with E-state index in [1.54, 1.807) is 0 Å². The van der Waals surface area contributed by atoms with Crippen LogP contribution >= 0.6 is 11.6 Å². The third-order valence-electron chi connectivity index (χ3n) is 4.18. The van der Waals surface area contributed by atoms with Crippen LogP contribution in [-0.2, 0) is 11.3 Å². The zero-order valence-electron chi connectivity index (χ0n) is 13.7. The lowest BCUT2D eigenvalue weighted by molar-refractivity contribution is -0.137. The number of rotatable bonds is 7. The first kappa shape index (κ1) is 17.3. The average Bonchev–Trinajstić information content (AvgIpc) is 2.94. The highest BCUT2D eigenvalue weighted by Gasteiger charge is 2.31. The Hall–Kier alpha value is -1.07. The molecule has 1 aromatic rings. The number of hydrogen-bond acceptors (Lipinski definition) is 3. The highest BCUT2D eigenvalue weighted by molar-refractivity contribution is 6.30. The van der Waals surface area contributed by atoms with Crippen molar-refractivity contribution in [3.05, 3.63) is 16.4 Å². The van der Waals surface area contributed by atoms with Crippen molar-refractivity contribution in [1.29, 1.82) is 0 Å². The van der Waals surface area contributed by atoms with E-state index in [1.807, 2.05) is 11.6 Å². The number of halogens is 1. The molecule has 2 heterocycles. The highest BCUT2D eigenvalue weighted by Crippen LogP contribution is 2.38. The smallest absolute Gasteiger partial charge is 0.303 e. The molecule has 1 saturated heterocycles. The zero-order valence-corrected chi connectivity index (χ0v) is 14.4. The summed E-state index contributed by atoms with van der Waals surface area (Å²) in [5, 5.41) is 14.1. The van der Waals surface area contributed by atoms with E-state index in [-0.39, 0.29) is 12.5 Å². The number of carbonyl (C=O) groups is 1. The lowest BCUT2D eigenvalue weighted by atomic mass is 10.1. The maximum Gasteiger partial charge on any atom is 0.303 e. The van der Waals surface area contributed by atoms with Gasteiger partial charge >= 0.3 is 5.97 Å². The zero-order chi connectivity index (χ0) is 16.3. The number of carboxylic acids is 1. The van der Waals surface area contributed by atoms with Crippen LogP contribution in [0, 0.1) is 12.8 Å². The summed E-state index contributed by atoms with van der Waals surface area (Å²) in [6.45, 7) is 8.97. The van der Waals surface area contributed by atoms with Crippen LogP contribution in [-0.4, -0.2) is 38.8 Å². The van der Waals surface area contributed by atoms with Gasteiger partial charge in [-0.2, -0.15) is 5.10 Å². The SMILES string of the molecule is Cc1nn(CC(C)C)c(Cl)c1[C@H]1CCCN1CCCC(=O)O. The van der Waals surface area contributed by atoms with Crippen molar-refractivity contribution in [2.24, 2.45) is 5.92 Å². The second-order valence-electron chi connectivity index (χ2n) is 6.56. The molecule has 124 valence electrons. The second kappa shape index (κ2) is 7.47. The summed E-state index contributed by atoms with van der Waals surface area (Å²) in [5.41, 5.74) is 2.14. The summed E-state index contributed by atoms with van der Waals surface area (Å²) < 4.78 is 1.91. The minimum atomic E-state index is -0.727. The summed E-state index contributed by atoms with van der Waals surface area (Å²) >= 11 is 6.58. The van der Waals surface area contributed by atoms with E-state index in [9.17, 15) is 4.79 Å². The van der Waals surface area contributed by atoms with Crippen LogP contribution in [0.25, 0.3) is 0 Å². The summed E-state index contributed by atoms with van der Waals surface area (Å²) in [6.07, 6.45) is 3.11. The van der Waals surface area contributed by atoms with Gasteiger partial charge in [-0.1, -0.05) is 25.4 Å². The van der Waals surface area contributed by atoms with Gasteiger partial charge in [0.2, 0.25) is 0 Å². The van der Waals surface area contributed by atoms with E-state index < -0.39 is 5.97 Å². The second-order valence-corrected chi connectivity index (χ2v) is 6.92.